The summed E-state index contributed by atoms with van der Waals surface area (Å²) in [6, 6.07) is 1.94. The Kier molecular flexibility index (Phi) is 6.68. The number of hydrogen-bond acceptors (Lipinski definition) is 6. The van der Waals surface area contributed by atoms with Gasteiger partial charge < -0.3 is 16.7 Å². The van der Waals surface area contributed by atoms with Crippen molar-refractivity contribution < 1.29 is 31.2 Å². The molecule has 1 aromatic rings. The molecule has 0 unspecified atom stereocenters. The maximum atomic E-state index is 13.3. The maximum absolute atomic E-state index is 13.3. The highest BCUT2D eigenvalue weighted by Gasteiger charge is 2.44. The zero-order valence-corrected chi connectivity index (χ0v) is 16.1. The lowest BCUT2D eigenvalue weighted by molar-refractivity contribution is -0.139. The predicted molar refractivity (Wildman–Crippen MR) is 101 cm³/mol. The van der Waals surface area contributed by atoms with Gasteiger partial charge in [0.25, 0.3) is 10.2 Å². The van der Waals surface area contributed by atoms with Crippen molar-refractivity contribution in [1.29, 1.82) is 0 Å². The van der Waals surface area contributed by atoms with Crippen LogP contribution in [-0.4, -0.2) is 43.1 Å². The van der Waals surface area contributed by atoms with Crippen LogP contribution in [0, 0.1) is 5.82 Å². The molecule has 0 aliphatic heterocycles. The van der Waals surface area contributed by atoms with Crippen LogP contribution in [0.3, 0.4) is 0 Å². The molecule has 0 aromatic heterocycles. The first-order chi connectivity index (χ1) is 13.8. The summed E-state index contributed by atoms with van der Waals surface area (Å²) in [5, 5.41) is 16.9. The molecule has 0 spiro atoms. The van der Waals surface area contributed by atoms with Crippen LogP contribution >= 0.6 is 0 Å². The number of hydrogen-bond donors (Lipinski definition) is 5. The van der Waals surface area contributed by atoms with Crippen molar-refractivity contribution in [2.45, 2.75) is 31.0 Å². The number of nitrogens with one attached hydrogen (secondary N) is 1. The quantitative estimate of drug-likeness (QED) is 0.128. The van der Waals surface area contributed by atoms with Crippen molar-refractivity contribution in [2.75, 3.05) is 6.54 Å². The van der Waals surface area contributed by atoms with Gasteiger partial charge in [0.2, 0.25) is 0 Å². The molecule has 15 heteroatoms. The van der Waals surface area contributed by atoms with E-state index in [0.29, 0.717) is 25.0 Å². The maximum Gasteiger partial charge on any atom is 0.419 e. The molecule has 1 aromatic carbocycles. The Morgan fingerprint density at radius 1 is 1.23 bits per heavy atom. The Hall–Kier alpha value is -2.78. The van der Waals surface area contributed by atoms with Crippen LogP contribution in [0.15, 0.2) is 33.3 Å². The van der Waals surface area contributed by atoms with Crippen LogP contribution in [-0.2, 0) is 16.4 Å². The Morgan fingerprint density at radius 2 is 1.87 bits per heavy atom. The van der Waals surface area contributed by atoms with E-state index in [1.807, 2.05) is 0 Å². The van der Waals surface area contributed by atoms with Crippen LogP contribution in [0.25, 0.3) is 0 Å². The summed E-state index contributed by atoms with van der Waals surface area (Å²) in [6.45, 7) is 0.00935. The number of alkyl halides is 3. The molecule has 0 bridgehead atoms. The highest BCUT2D eigenvalue weighted by Crippen LogP contribution is 2.39. The number of amidine groups is 2. The molecular weight excluding hydrogens is 434 g/mol. The van der Waals surface area contributed by atoms with E-state index >= 15 is 0 Å². The number of oxime groups is 1. The molecule has 8 N–H and O–H groups in total. The largest absolute Gasteiger partial charge is 0.419 e. The second kappa shape index (κ2) is 8.53. The summed E-state index contributed by atoms with van der Waals surface area (Å²) in [5.74, 6) is -2.44. The van der Waals surface area contributed by atoms with Gasteiger partial charge in [0.15, 0.2) is 17.4 Å². The fourth-order valence-corrected chi connectivity index (χ4v) is 3.46. The smallest absolute Gasteiger partial charge is 0.410 e. The summed E-state index contributed by atoms with van der Waals surface area (Å²) in [7, 11) is -3.90. The van der Waals surface area contributed by atoms with Crippen molar-refractivity contribution in [1.82, 2.24) is 4.72 Å². The van der Waals surface area contributed by atoms with Gasteiger partial charge >= 0.3 is 6.18 Å². The third-order valence-corrected chi connectivity index (χ3v) is 4.89. The molecule has 0 heterocycles. The number of aliphatic imine (C=N–C) groups is 2. The van der Waals surface area contributed by atoms with Crippen LogP contribution in [0.2, 0.25) is 0 Å². The Bertz CT molecular complexity index is 1000. The van der Waals surface area contributed by atoms with Gasteiger partial charge in [0.05, 0.1) is 11.3 Å². The van der Waals surface area contributed by atoms with E-state index in [1.165, 1.54) is 0 Å². The van der Waals surface area contributed by atoms with E-state index < -0.39 is 44.9 Å². The van der Waals surface area contributed by atoms with Gasteiger partial charge in [-0.2, -0.15) is 26.3 Å². The molecule has 0 radical (unpaired) electrons. The molecule has 1 saturated carbocycles. The molecular formula is C15H19F4N7O3S. The van der Waals surface area contributed by atoms with Crippen molar-refractivity contribution in [3.05, 3.63) is 29.6 Å². The van der Waals surface area contributed by atoms with Gasteiger partial charge in [-0.3, -0.25) is 4.99 Å². The highest BCUT2D eigenvalue weighted by atomic mass is 32.2. The van der Waals surface area contributed by atoms with Gasteiger partial charge in [-0.25, -0.2) is 14.5 Å². The third kappa shape index (κ3) is 6.36. The molecule has 1 aliphatic carbocycles. The molecule has 0 saturated heterocycles. The number of benzene rings is 1. The zero-order chi connectivity index (χ0) is 22.7. The summed E-state index contributed by atoms with van der Waals surface area (Å²) in [4.78, 5) is 7.56. The van der Waals surface area contributed by atoms with E-state index in [4.69, 9.17) is 21.8 Å². The third-order valence-electron chi connectivity index (χ3n) is 4.17. The second-order valence-corrected chi connectivity index (χ2v) is 7.85. The summed E-state index contributed by atoms with van der Waals surface area (Å²) < 4.78 is 76.3. The fourth-order valence-electron chi connectivity index (χ4n) is 2.55. The van der Waals surface area contributed by atoms with Crippen molar-refractivity contribution in [3.8, 4) is 0 Å². The molecule has 0 amide bonds. The van der Waals surface area contributed by atoms with Crippen molar-refractivity contribution in [3.63, 3.8) is 0 Å². The minimum Gasteiger partial charge on any atom is -0.410 e. The molecule has 30 heavy (non-hydrogen) atoms. The molecule has 0 atom stereocenters. The fraction of sp³-hybridized carbons (Fsp3) is 0.400. The number of nitrogens with zero attached hydrogens (tertiary/aromatic N) is 3. The van der Waals surface area contributed by atoms with Crippen LogP contribution in [0.5, 0.6) is 0 Å². The molecule has 10 nitrogen and oxygen atoms in total. The van der Waals surface area contributed by atoms with E-state index in [-0.39, 0.29) is 24.5 Å². The number of rotatable bonds is 8. The number of halogens is 4. The lowest BCUT2D eigenvalue weighted by Crippen LogP contribution is -2.41. The van der Waals surface area contributed by atoms with Gasteiger partial charge in [0.1, 0.15) is 5.82 Å². The van der Waals surface area contributed by atoms with Gasteiger partial charge in [-0.15, -0.1) is 0 Å². The first-order valence-electron chi connectivity index (χ1n) is 8.32. The second-order valence-electron chi connectivity index (χ2n) is 6.55. The summed E-state index contributed by atoms with van der Waals surface area (Å²) >= 11 is 0. The Balaban J connectivity index is 2.14. The van der Waals surface area contributed by atoms with E-state index in [0.717, 1.165) is 6.07 Å². The van der Waals surface area contributed by atoms with E-state index in [9.17, 15) is 26.0 Å². The van der Waals surface area contributed by atoms with Crippen molar-refractivity contribution >= 4 is 33.3 Å². The molecule has 1 aliphatic rings. The predicted octanol–water partition coefficient (Wildman–Crippen LogP) is 0.736. The van der Waals surface area contributed by atoms with Gasteiger partial charge in [0, 0.05) is 12.1 Å². The zero-order valence-electron chi connectivity index (χ0n) is 15.3. The standard InChI is InChI=1S/C15H19F4N7O3S/c16-10-2-1-8(7-9(10)15(17,18)19)24-13(21)11(25-27)12(20)23-6-5-14(3-4-14)26-30(22,28)29/h1-2,7,26-27H,3-6H2,(H2,20,23)(H2,21,24)(H2,22,28,29)/b25-11+. The lowest BCUT2D eigenvalue weighted by Gasteiger charge is -2.14. The average Bonchev–Trinajstić information content (AvgIpc) is 3.33. The average molecular weight is 453 g/mol. The first-order valence-corrected chi connectivity index (χ1v) is 9.86. The summed E-state index contributed by atoms with van der Waals surface area (Å²) in [6.07, 6.45) is -3.60. The minimum atomic E-state index is -4.94. The first kappa shape index (κ1) is 23.5. The molecule has 1 fully saturated rings. The highest BCUT2D eigenvalue weighted by molar-refractivity contribution is 7.87. The Morgan fingerprint density at radius 3 is 2.37 bits per heavy atom. The van der Waals surface area contributed by atoms with Crippen LogP contribution < -0.4 is 21.3 Å². The lowest BCUT2D eigenvalue weighted by atomic mass is 10.2. The van der Waals surface area contributed by atoms with Crippen molar-refractivity contribution in [2.24, 2.45) is 31.7 Å². The van der Waals surface area contributed by atoms with Crippen LogP contribution in [0.4, 0.5) is 23.2 Å². The SMILES string of the molecule is NC(=NCCC1(NS(N)(=O)=O)CC1)/C(=N\O)C(N)=Nc1ccc(F)c(C(F)(F)F)c1. The van der Waals surface area contributed by atoms with Gasteiger partial charge in [-0.05, 0) is 37.5 Å². The molecule has 166 valence electrons. The minimum absolute atomic E-state index is 0.00935. The normalized spacial score (nSPS) is 17.8. The topological polar surface area (TPSA) is 182 Å². The van der Waals surface area contributed by atoms with E-state index in [2.05, 4.69) is 19.9 Å². The monoisotopic (exact) mass is 453 g/mol. The number of nitrogens with two attached hydrogens (primary N) is 3. The molecule has 2 rings (SSSR count). The van der Waals surface area contributed by atoms with E-state index in [1.54, 1.807) is 0 Å². The summed E-state index contributed by atoms with van der Waals surface area (Å²) in [5.41, 5.74) is 8.16. The Labute approximate surface area is 168 Å². The van der Waals surface area contributed by atoms with Gasteiger partial charge in [-0.1, -0.05) is 5.16 Å². The van der Waals surface area contributed by atoms with Crippen LogP contribution in [0.1, 0.15) is 24.8 Å².